The van der Waals surface area contributed by atoms with Gasteiger partial charge >= 0.3 is 5.97 Å². The molecule has 1 heterocycles. The monoisotopic (exact) mass is 494 g/mol. The van der Waals surface area contributed by atoms with Gasteiger partial charge in [-0.15, -0.1) is 11.3 Å². The average Bonchev–Trinajstić information content (AvgIpc) is 3.48. The van der Waals surface area contributed by atoms with E-state index in [1.807, 2.05) is 6.07 Å². The summed E-state index contributed by atoms with van der Waals surface area (Å²) in [6.07, 6.45) is 3.64. The Labute approximate surface area is 201 Å². The molecule has 0 unspecified atom stereocenters. The SMILES string of the molecule is COc1cc(NC(=O)C2CCCC2)c(C(=O)OCC(=O)N(C)Cc2ccc(Cl)s2)cc1OC. The van der Waals surface area contributed by atoms with E-state index in [-0.39, 0.29) is 29.0 Å². The van der Waals surface area contributed by atoms with Crippen molar-refractivity contribution < 1.29 is 28.6 Å². The molecule has 33 heavy (non-hydrogen) atoms. The molecule has 0 radical (unpaired) electrons. The molecule has 0 atom stereocenters. The van der Waals surface area contributed by atoms with Crippen molar-refractivity contribution in [3.8, 4) is 11.5 Å². The van der Waals surface area contributed by atoms with Crippen LogP contribution in [0, 0.1) is 5.92 Å². The first kappa shape index (κ1) is 24.9. The number of ether oxygens (including phenoxy) is 3. The standard InChI is InChI=1S/C23H27ClN2O6S/c1-26(12-15-8-9-20(24)33-15)21(27)13-32-23(29)16-10-18(30-2)19(31-3)11-17(16)25-22(28)14-6-4-5-7-14/h8-11,14H,4-7,12-13H2,1-3H3,(H,25,28). The molecule has 2 aromatic rings. The van der Waals surface area contributed by atoms with Gasteiger partial charge in [-0.1, -0.05) is 24.4 Å². The summed E-state index contributed by atoms with van der Waals surface area (Å²) in [5.41, 5.74) is 0.336. The summed E-state index contributed by atoms with van der Waals surface area (Å²) in [4.78, 5) is 40.4. The van der Waals surface area contributed by atoms with Crippen LogP contribution < -0.4 is 14.8 Å². The first-order chi connectivity index (χ1) is 15.8. The number of nitrogens with one attached hydrogen (secondary N) is 1. The van der Waals surface area contributed by atoms with Gasteiger partial charge in [-0.3, -0.25) is 9.59 Å². The number of carbonyl (C=O) groups excluding carboxylic acids is 3. The molecular formula is C23H27ClN2O6S. The summed E-state index contributed by atoms with van der Waals surface area (Å²) in [5.74, 6) is -0.701. The molecule has 1 aromatic carbocycles. The Morgan fingerprint density at radius 2 is 1.79 bits per heavy atom. The van der Waals surface area contributed by atoms with Gasteiger partial charge in [0, 0.05) is 30.0 Å². The normalized spacial score (nSPS) is 13.5. The van der Waals surface area contributed by atoms with Crippen LogP contribution in [0.25, 0.3) is 0 Å². The number of thiophene rings is 1. The summed E-state index contributed by atoms with van der Waals surface area (Å²) < 4.78 is 16.5. The second-order valence-corrected chi connectivity index (χ2v) is 9.55. The molecule has 8 nitrogen and oxygen atoms in total. The van der Waals surface area contributed by atoms with Crippen LogP contribution in [0.3, 0.4) is 0 Å². The smallest absolute Gasteiger partial charge is 0.340 e. The van der Waals surface area contributed by atoms with Crippen molar-refractivity contribution in [3.63, 3.8) is 0 Å². The van der Waals surface area contributed by atoms with Crippen LogP contribution in [-0.2, 0) is 20.9 Å². The van der Waals surface area contributed by atoms with Gasteiger partial charge < -0.3 is 24.4 Å². The quantitative estimate of drug-likeness (QED) is 0.520. The Bertz CT molecular complexity index is 1020. The van der Waals surface area contributed by atoms with Crippen molar-refractivity contribution in [3.05, 3.63) is 39.0 Å². The maximum atomic E-state index is 12.9. The highest BCUT2D eigenvalue weighted by atomic mass is 35.5. The number of likely N-dealkylation sites (N-methyl/N-ethyl adjacent to an activating group) is 1. The lowest BCUT2D eigenvalue weighted by Crippen LogP contribution is -2.30. The van der Waals surface area contributed by atoms with Crippen molar-refractivity contribution in [2.45, 2.75) is 32.2 Å². The first-order valence-electron chi connectivity index (χ1n) is 10.5. The number of anilines is 1. The Morgan fingerprint density at radius 1 is 1.12 bits per heavy atom. The highest BCUT2D eigenvalue weighted by Gasteiger charge is 2.26. The minimum Gasteiger partial charge on any atom is -0.493 e. The molecule has 1 aliphatic carbocycles. The Morgan fingerprint density at radius 3 is 2.39 bits per heavy atom. The van der Waals surface area contributed by atoms with E-state index in [0.29, 0.717) is 22.4 Å². The zero-order valence-electron chi connectivity index (χ0n) is 18.8. The van der Waals surface area contributed by atoms with Crippen LogP contribution in [0.5, 0.6) is 11.5 Å². The number of amides is 2. The van der Waals surface area contributed by atoms with E-state index in [0.717, 1.165) is 30.6 Å². The molecule has 1 saturated carbocycles. The molecule has 1 aromatic heterocycles. The molecule has 0 aliphatic heterocycles. The summed E-state index contributed by atoms with van der Waals surface area (Å²) in [6.45, 7) is -0.0916. The second kappa shape index (κ2) is 11.4. The zero-order chi connectivity index (χ0) is 24.0. The molecule has 1 fully saturated rings. The minimum atomic E-state index is -0.751. The van der Waals surface area contributed by atoms with E-state index in [1.54, 1.807) is 13.1 Å². The van der Waals surface area contributed by atoms with Gasteiger partial charge in [-0.25, -0.2) is 4.79 Å². The lowest BCUT2D eigenvalue weighted by atomic mass is 10.1. The predicted octanol–water partition coefficient (Wildman–Crippen LogP) is 4.36. The van der Waals surface area contributed by atoms with Crippen molar-refractivity contribution in [1.29, 1.82) is 0 Å². The number of rotatable bonds is 9. The molecule has 0 spiro atoms. The lowest BCUT2D eigenvalue weighted by molar-refractivity contribution is -0.133. The highest BCUT2D eigenvalue weighted by molar-refractivity contribution is 7.16. The Kier molecular flexibility index (Phi) is 8.57. The summed E-state index contributed by atoms with van der Waals surface area (Å²) in [5, 5.41) is 2.82. The van der Waals surface area contributed by atoms with E-state index in [1.165, 1.54) is 42.6 Å². The van der Waals surface area contributed by atoms with Crippen LogP contribution in [0.1, 0.15) is 40.9 Å². The largest absolute Gasteiger partial charge is 0.493 e. The van der Waals surface area contributed by atoms with E-state index in [2.05, 4.69) is 5.32 Å². The second-order valence-electron chi connectivity index (χ2n) is 7.76. The van der Waals surface area contributed by atoms with E-state index < -0.39 is 12.6 Å². The number of nitrogens with zero attached hydrogens (tertiary/aromatic N) is 1. The van der Waals surface area contributed by atoms with Gasteiger partial charge in [0.25, 0.3) is 5.91 Å². The molecule has 0 bridgehead atoms. The Hall–Kier alpha value is -2.78. The summed E-state index contributed by atoms with van der Waals surface area (Å²) >= 11 is 7.31. The molecule has 10 heteroatoms. The summed E-state index contributed by atoms with van der Waals surface area (Å²) in [7, 11) is 4.53. The number of benzene rings is 1. The third-order valence-electron chi connectivity index (χ3n) is 5.50. The fourth-order valence-electron chi connectivity index (χ4n) is 3.65. The number of hydrogen-bond donors (Lipinski definition) is 1. The van der Waals surface area contributed by atoms with Gasteiger partial charge in [0.2, 0.25) is 5.91 Å². The van der Waals surface area contributed by atoms with E-state index in [9.17, 15) is 14.4 Å². The molecule has 1 N–H and O–H groups in total. The van der Waals surface area contributed by atoms with Gasteiger partial charge in [-0.2, -0.15) is 0 Å². The van der Waals surface area contributed by atoms with Gasteiger partial charge in [0.05, 0.1) is 36.4 Å². The van der Waals surface area contributed by atoms with Crippen LogP contribution >= 0.6 is 22.9 Å². The van der Waals surface area contributed by atoms with Crippen molar-refractivity contribution >= 4 is 46.4 Å². The fourth-order valence-corrected chi connectivity index (χ4v) is 4.79. The number of hydrogen-bond acceptors (Lipinski definition) is 7. The van der Waals surface area contributed by atoms with Crippen LogP contribution in [0.2, 0.25) is 4.34 Å². The van der Waals surface area contributed by atoms with Crippen LogP contribution in [-0.4, -0.2) is 50.6 Å². The number of carbonyl (C=O) groups is 3. The maximum Gasteiger partial charge on any atom is 0.340 e. The van der Waals surface area contributed by atoms with Gasteiger partial charge in [0.15, 0.2) is 18.1 Å². The van der Waals surface area contributed by atoms with Crippen LogP contribution in [0.15, 0.2) is 24.3 Å². The zero-order valence-corrected chi connectivity index (χ0v) is 20.4. The topological polar surface area (TPSA) is 94.2 Å². The van der Waals surface area contributed by atoms with Gasteiger partial charge in [0.1, 0.15) is 0 Å². The van der Waals surface area contributed by atoms with E-state index >= 15 is 0 Å². The third-order valence-corrected chi connectivity index (χ3v) is 6.72. The fraction of sp³-hybridized carbons (Fsp3) is 0.435. The van der Waals surface area contributed by atoms with Gasteiger partial charge in [-0.05, 0) is 25.0 Å². The predicted molar refractivity (Wildman–Crippen MR) is 126 cm³/mol. The minimum absolute atomic E-state index is 0.0829. The third kappa shape index (κ3) is 6.39. The maximum absolute atomic E-state index is 12.9. The molecule has 3 rings (SSSR count). The highest BCUT2D eigenvalue weighted by Crippen LogP contribution is 2.35. The molecule has 178 valence electrons. The summed E-state index contributed by atoms with van der Waals surface area (Å²) in [6, 6.07) is 6.56. The van der Waals surface area contributed by atoms with E-state index in [4.69, 9.17) is 25.8 Å². The Balaban J connectivity index is 1.71. The average molecular weight is 495 g/mol. The number of halogens is 1. The van der Waals surface area contributed by atoms with Crippen LogP contribution in [0.4, 0.5) is 5.69 Å². The molecular weight excluding hydrogens is 468 g/mol. The van der Waals surface area contributed by atoms with Crippen molar-refractivity contribution in [2.24, 2.45) is 5.92 Å². The molecule has 0 saturated heterocycles. The number of methoxy groups -OCH3 is 2. The number of esters is 1. The van der Waals surface area contributed by atoms with Crippen molar-refractivity contribution in [2.75, 3.05) is 33.2 Å². The first-order valence-corrected chi connectivity index (χ1v) is 11.7. The molecule has 2 amide bonds. The van der Waals surface area contributed by atoms with Crippen molar-refractivity contribution in [1.82, 2.24) is 4.90 Å². The molecule has 1 aliphatic rings. The lowest BCUT2D eigenvalue weighted by Gasteiger charge is -2.18.